The molecule has 0 radical (unpaired) electrons. The summed E-state index contributed by atoms with van der Waals surface area (Å²) in [6.45, 7) is 1.98. The Labute approximate surface area is 63.5 Å². The number of rotatable bonds is 1. The summed E-state index contributed by atoms with van der Waals surface area (Å²) in [5, 5.41) is 0.903. The van der Waals surface area contributed by atoms with E-state index in [4.69, 9.17) is 0 Å². The predicted octanol–water partition coefficient (Wildman–Crippen LogP) is 1.32. The van der Waals surface area contributed by atoms with E-state index in [1.54, 1.807) is 0 Å². The number of thiol groups is 1. The molecule has 2 nitrogen and oxygen atoms in total. The van der Waals surface area contributed by atoms with Crippen molar-refractivity contribution in [2.75, 3.05) is 0 Å². The zero-order valence-electron chi connectivity index (χ0n) is 5.00. The smallest absolute Gasteiger partial charge is 0.269 e. The second kappa shape index (κ2) is 2.75. The molecule has 0 aromatic carbocycles. The summed E-state index contributed by atoms with van der Waals surface area (Å²) in [7, 11) is 0. The number of carbonyl (C=O) groups is 1. The first kappa shape index (κ1) is 7.15. The Hall–Kier alpha value is 0.0400. The van der Waals surface area contributed by atoms with E-state index in [-0.39, 0.29) is 10.5 Å². The van der Waals surface area contributed by atoms with Crippen LogP contribution in [0.1, 0.15) is 13.3 Å². The lowest BCUT2D eigenvalue weighted by molar-refractivity contribution is -0.115. The number of hydrogen-bond donors (Lipinski definition) is 1. The van der Waals surface area contributed by atoms with Crippen LogP contribution in [0.25, 0.3) is 0 Å². The standard InChI is InChI=1S/C5H7NOS2/c1-2-3-6-4(7)5(8)9-3/h5,8H,2H2,1H3. The Morgan fingerprint density at radius 3 is 2.78 bits per heavy atom. The minimum Gasteiger partial charge on any atom is -0.270 e. The van der Waals surface area contributed by atoms with E-state index >= 15 is 0 Å². The highest BCUT2D eigenvalue weighted by molar-refractivity contribution is 8.22. The molecule has 0 aromatic heterocycles. The second-order valence-corrected chi connectivity index (χ2v) is 3.71. The van der Waals surface area contributed by atoms with Gasteiger partial charge in [0.2, 0.25) is 0 Å². The second-order valence-electron chi connectivity index (χ2n) is 1.67. The molecule has 0 aromatic rings. The van der Waals surface area contributed by atoms with Crippen molar-refractivity contribution in [3.8, 4) is 0 Å². The Bertz CT molecular complexity index is 166. The van der Waals surface area contributed by atoms with Gasteiger partial charge < -0.3 is 0 Å². The van der Waals surface area contributed by atoms with Crippen molar-refractivity contribution >= 4 is 35.3 Å². The van der Waals surface area contributed by atoms with Crippen LogP contribution in [0.4, 0.5) is 0 Å². The fourth-order valence-corrected chi connectivity index (χ4v) is 1.69. The topological polar surface area (TPSA) is 29.4 Å². The highest BCUT2D eigenvalue weighted by atomic mass is 32.2. The molecule has 0 aliphatic carbocycles. The van der Waals surface area contributed by atoms with Crippen molar-refractivity contribution in [2.45, 2.75) is 17.9 Å². The summed E-state index contributed by atoms with van der Waals surface area (Å²) in [6, 6.07) is 0. The van der Waals surface area contributed by atoms with Crippen LogP contribution < -0.4 is 0 Å². The first-order chi connectivity index (χ1) is 4.24. The molecule has 9 heavy (non-hydrogen) atoms. The molecule has 1 amide bonds. The summed E-state index contributed by atoms with van der Waals surface area (Å²) in [5.41, 5.74) is 0. The molecule has 1 atom stereocenters. The van der Waals surface area contributed by atoms with Crippen LogP contribution in [0.3, 0.4) is 0 Å². The average Bonchev–Trinajstić information content (AvgIpc) is 2.13. The maximum Gasteiger partial charge on any atom is 0.269 e. The average molecular weight is 161 g/mol. The molecule has 0 fully saturated rings. The molecule has 0 saturated carbocycles. The monoisotopic (exact) mass is 161 g/mol. The lowest BCUT2D eigenvalue weighted by Crippen LogP contribution is -1.99. The van der Waals surface area contributed by atoms with E-state index < -0.39 is 0 Å². The van der Waals surface area contributed by atoms with E-state index in [2.05, 4.69) is 17.6 Å². The van der Waals surface area contributed by atoms with E-state index in [1.807, 2.05) is 6.92 Å². The van der Waals surface area contributed by atoms with Crippen molar-refractivity contribution in [1.29, 1.82) is 0 Å². The van der Waals surface area contributed by atoms with Crippen LogP contribution in [0.5, 0.6) is 0 Å². The first-order valence-corrected chi connectivity index (χ1v) is 4.09. The summed E-state index contributed by atoms with van der Waals surface area (Å²) in [4.78, 5) is 14.4. The molecular formula is C5H7NOS2. The largest absolute Gasteiger partial charge is 0.270 e. The van der Waals surface area contributed by atoms with E-state index in [1.165, 1.54) is 11.8 Å². The zero-order valence-corrected chi connectivity index (χ0v) is 6.71. The summed E-state index contributed by atoms with van der Waals surface area (Å²) >= 11 is 5.44. The number of carbonyl (C=O) groups excluding carboxylic acids is 1. The normalized spacial score (nSPS) is 26.7. The molecule has 1 rings (SSSR count). The molecule has 0 bridgehead atoms. The van der Waals surface area contributed by atoms with Gasteiger partial charge in [0, 0.05) is 0 Å². The highest BCUT2D eigenvalue weighted by Crippen LogP contribution is 2.26. The Morgan fingerprint density at radius 2 is 2.56 bits per heavy atom. The molecule has 1 heterocycles. The third-order valence-corrected chi connectivity index (χ3v) is 2.61. The fourth-order valence-electron chi connectivity index (χ4n) is 0.546. The summed E-state index contributed by atoms with van der Waals surface area (Å²) < 4.78 is -0.236. The number of nitrogens with zero attached hydrogens (tertiary/aromatic N) is 1. The SMILES string of the molecule is CCC1=NC(=O)C(S)S1. The van der Waals surface area contributed by atoms with Crippen molar-refractivity contribution in [1.82, 2.24) is 0 Å². The molecule has 1 aliphatic heterocycles. The van der Waals surface area contributed by atoms with Crippen LogP contribution in [0, 0.1) is 0 Å². The Morgan fingerprint density at radius 1 is 1.89 bits per heavy atom. The molecule has 4 heteroatoms. The van der Waals surface area contributed by atoms with Gasteiger partial charge in [-0.15, -0.1) is 0 Å². The van der Waals surface area contributed by atoms with Crippen LogP contribution in [0.2, 0.25) is 0 Å². The quantitative estimate of drug-likeness (QED) is 0.588. The lowest BCUT2D eigenvalue weighted by Gasteiger charge is -1.92. The Balaban J connectivity index is 2.62. The minimum absolute atomic E-state index is 0.111. The maximum absolute atomic E-state index is 10.7. The molecular weight excluding hydrogens is 154 g/mol. The van der Waals surface area contributed by atoms with Gasteiger partial charge in [-0.1, -0.05) is 18.7 Å². The van der Waals surface area contributed by atoms with Gasteiger partial charge >= 0.3 is 0 Å². The molecule has 0 N–H and O–H groups in total. The molecule has 1 aliphatic rings. The molecule has 50 valence electrons. The molecule has 1 unspecified atom stereocenters. The number of thioether (sulfide) groups is 1. The van der Waals surface area contributed by atoms with Gasteiger partial charge in [-0.25, -0.2) is 4.99 Å². The van der Waals surface area contributed by atoms with Crippen molar-refractivity contribution in [3.05, 3.63) is 0 Å². The zero-order chi connectivity index (χ0) is 6.85. The summed E-state index contributed by atoms with van der Waals surface area (Å²) in [6.07, 6.45) is 0.841. The van der Waals surface area contributed by atoms with Gasteiger partial charge in [-0.3, -0.25) is 4.79 Å². The van der Waals surface area contributed by atoms with Gasteiger partial charge in [0.1, 0.15) is 4.58 Å². The van der Waals surface area contributed by atoms with Crippen molar-refractivity contribution < 1.29 is 4.79 Å². The number of hydrogen-bond acceptors (Lipinski definition) is 3. The van der Waals surface area contributed by atoms with Gasteiger partial charge in [-0.2, -0.15) is 12.6 Å². The summed E-state index contributed by atoms with van der Waals surface area (Å²) in [5.74, 6) is -0.111. The van der Waals surface area contributed by atoms with Gasteiger partial charge in [-0.05, 0) is 6.42 Å². The van der Waals surface area contributed by atoms with E-state index in [9.17, 15) is 4.79 Å². The van der Waals surface area contributed by atoms with Crippen molar-refractivity contribution in [3.63, 3.8) is 0 Å². The van der Waals surface area contributed by atoms with Crippen LogP contribution in [-0.4, -0.2) is 15.5 Å². The molecule has 0 saturated heterocycles. The van der Waals surface area contributed by atoms with Gasteiger partial charge in [0.05, 0.1) is 5.04 Å². The third-order valence-electron chi connectivity index (χ3n) is 0.996. The third kappa shape index (κ3) is 1.49. The fraction of sp³-hybridized carbons (Fsp3) is 0.600. The van der Waals surface area contributed by atoms with E-state index in [0.29, 0.717) is 0 Å². The van der Waals surface area contributed by atoms with E-state index in [0.717, 1.165) is 11.5 Å². The predicted molar refractivity (Wildman–Crippen MR) is 43.1 cm³/mol. The first-order valence-electron chi connectivity index (χ1n) is 2.70. The maximum atomic E-state index is 10.7. The van der Waals surface area contributed by atoms with Crippen LogP contribution in [0.15, 0.2) is 4.99 Å². The lowest BCUT2D eigenvalue weighted by atomic mass is 10.5. The van der Waals surface area contributed by atoms with Crippen LogP contribution in [-0.2, 0) is 4.79 Å². The Kier molecular flexibility index (Phi) is 2.18. The number of amides is 1. The molecule has 0 spiro atoms. The minimum atomic E-state index is -0.236. The van der Waals surface area contributed by atoms with Crippen molar-refractivity contribution in [2.24, 2.45) is 4.99 Å². The van der Waals surface area contributed by atoms with Crippen LogP contribution >= 0.6 is 24.4 Å². The van der Waals surface area contributed by atoms with Gasteiger partial charge in [0.15, 0.2) is 0 Å². The van der Waals surface area contributed by atoms with Gasteiger partial charge in [0.25, 0.3) is 5.91 Å². The highest BCUT2D eigenvalue weighted by Gasteiger charge is 2.22. The number of aliphatic imine (C=N–C) groups is 1.